The number of nitrogens with zero attached hydrogens (tertiary/aromatic N) is 2. The van der Waals surface area contributed by atoms with Gasteiger partial charge in [0.05, 0.1) is 5.56 Å². The number of carbonyl (C=O) groups is 4. The van der Waals surface area contributed by atoms with Gasteiger partial charge in [0.1, 0.15) is 5.54 Å². The third kappa shape index (κ3) is 3.44. The van der Waals surface area contributed by atoms with Crippen molar-refractivity contribution in [2.75, 3.05) is 6.61 Å². The standard InChI is InChI=1S/C16H18N4O5/c21-12(10-25-13(22)11-5-4-8-17-9-11)19-20-14(23)16(18-15(20)24)6-2-1-3-7-16/h4-5,8-9H,1-3,6-7,10H2,(H,18,24)(H,19,21). The Morgan fingerprint density at radius 1 is 1.28 bits per heavy atom. The van der Waals surface area contributed by atoms with Crippen LogP contribution in [0, 0.1) is 0 Å². The molecule has 9 heteroatoms. The zero-order valence-corrected chi connectivity index (χ0v) is 13.5. The van der Waals surface area contributed by atoms with Gasteiger partial charge in [-0.15, -0.1) is 0 Å². The SMILES string of the molecule is O=C(COC(=O)c1cccnc1)NN1C(=O)NC2(CCCCC2)C1=O. The summed E-state index contributed by atoms with van der Waals surface area (Å²) in [5.74, 6) is -1.96. The Morgan fingerprint density at radius 2 is 2.04 bits per heavy atom. The van der Waals surface area contributed by atoms with Crippen LogP contribution in [0.1, 0.15) is 42.5 Å². The molecule has 1 aromatic rings. The average Bonchev–Trinajstić information content (AvgIpc) is 2.85. The number of hydrogen-bond acceptors (Lipinski definition) is 6. The first-order valence-corrected chi connectivity index (χ1v) is 8.05. The molecule has 2 heterocycles. The van der Waals surface area contributed by atoms with Crippen molar-refractivity contribution in [2.45, 2.75) is 37.6 Å². The molecule has 0 unspecified atom stereocenters. The van der Waals surface area contributed by atoms with Crippen LogP contribution in [0.25, 0.3) is 0 Å². The van der Waals surface area contributed by atoms with E-state index in [-0.39, 0.29) is 5.56 Å². The molecule has 0 radical (unpaired) electrons. The van der Waals surface area contributed by atoms with Gasteiger partial charge in [0.2, 0.25) is 0 Å². The minimum Gasteiger partial charge on any atom is -0.452 e. The monoisotopic (exact) mass is 346 g/mol. The van der Waals surface area contributed by atoms with Crippen molar-refractivity contribution in [3.63, 3.8) is 0 Å². The van der Waals surface area contributed by atoms with Crippen LogP contribution < -0.4 is 10.7 Å². The highest BCUT2D eigenvalue weighted by molar-refractivity contribution is 6.08. The molecule has 2 fully saturated rings. The maximum atomic E-state index is 12.5. The van der Waals surface area contributed by atoms with Gasteiger partial charge in [-0.3, -0.25) is 20.0 Å². The first-order valence-electron chi connectivity index (χ1n) is 8.05. The topological polar surface area (TPSA) is 118 Å². The maximum absolute atomic E-state index is 12.5. The number of imide groups is 1. The van der Waals surface area contributed by atoms with Crippen LogP contribution in [0.3, 0.4) is 0 Å². The van der Waals surface area contributed by atoms with Crippen LogP contribution in [0.5, 0.6) is 0 Å². The molecular formula is C16H18N4O5. The van der Waals surface area contributed by atoms with Crippen molar-refractivity contribution < 1.29 is 23.9 Å². The lowest BCUT2D eigenvalue weighted by Crippen LogP contribution is -2.51. The second-order valence-electron chi connectivity index (χ2n) is 6.07. The van der Waals surface area contributed by atoms with Crippen LogP contribution >= 0.6 is 0 Å². The van der Waals surface area contributed by atoms with Gasteiger partial charge >= 0.3 is 12.0 Å². The summed E-state index contributed by atoms with van der Waals surface area (Å²) in [5.41, 5.74) is 1.48. The highest BCUT2D eigenvalue weighted by Gasteiger charge is 2.52. The van der Waals surface area contributed by atoms with Crippen molar-refractivity contribution >= 4 is 23.8 Å². The molecule has 132 valence electrons. The van der Waals surface area contributed by atoms with Crippen LogP contribution in [0.2, 0.25) is 0 Å². The number of esters is 1. The molecule has 1 spiro atoms. The zero-order chi connectivity index (χ0) is 17.9. The molecule has 0 bridgehead atoms. The average molecular weight is 346 g/mol. The first kappa shape index (κ1) is 16.9. The van der Waals surface area contributed by atoms with Crippen molar-refractivity contribution in [1.29, 1.82) is 0 Å². The van der Waals surface area contributed by atoms with E-state index in [9.17, 15) is 19.2 Å². The van der Waals surface area contributed by atoms with E-state index in [1.165, 1.54) is 18.5 Å². The van der Waals surface area contributed by atoms with Crippen molar-refractivity contribution in [2.24, 2.45) is 0 Å². The number of urea groups is 1. The summed E-state index contributed by atoms with van der Waals surface area (Å²) in [6, 6.07) is 2.39. The highest BCUT2D eigenvalue weighted by atomic mass is 16.5. The predicted molar refractivity (Wildman–Crippen MR) is 83.9 cm³/mol. The Kier molecular flexibility index (Phi) is 4.64. The summed E-state index contributed by atoms with van der Waals surface area (Å²) in [6.45, 7) is -0.613. The van der Waals surface area contributed by atoms with E-state index in [0.29, 0.717) is 17.9 Å². The molecule has 1 aliphatic heterocycles. The highest BCUT2D eigenvalue weighted by Crippen LogP contribution is 2.32. The number of nitrogens with one attached hydrogen (secondary N) is 2. The number of carbonyl (C=O) groups excluding carboxylic acids is 4. The number of pyridine rings is 1. The van der Waals surface area contributed by atoms with E-state index in [4.69, 9.17) is 4.74 Å². The third-order valence-corrected chi connectivity index (χ3v) is 4.34. The molecule has 1 aliphatic carbocycles. The molecule has 2 aliphatic rings. The Bertz CT molecular complexity index is 700. The van der Waals surface area contributed by atoms with E-state index in [0.717, 1.165) is 19.3 Å². The van der Waals surface area contributed by atoms with Crippen LogP contribution in [0.15, 0.2) is 24.5 Å². The lowest BCUT2D eigenvalue weighted by molar-refractivity contribution is -0.140. The summed E-state index contributed by atoms with van der Waals surface area (Å²) in [7, 11) is 0. The summed E-state index contributed by atoms with van der Waals surface area (Å²) >= 11 is 0. The Morgan fingerprint density at radius 3 is 2.72 bits per heavy atom. The lowest BCUT2D eigenvalue weighted by atomic mass is 9.82. The van der Waals surface area contributed by atoms with E-state index in [1.807, 2.05) is 0 Å². The minimum absolute atomic E-state index is 0.200. The number of ether oxygens (including phenoxy) is 1. The van der Waals surface area contributed by atoms with E-state index in [2.05, 4.69) is 15.7 Å². The molecular weight excluding hydrogens is 328 g/mol. The Labute approximate surface area is 143 Å². The molecule has 3 rings (SSSR count). The summed E-state index contributed by atoms with van der Waals surface area (Å²) in [4.78, 5) is 52.0. The molecule has 1 saturated carbocycles. The van der Waals surface area contributed by atoms with Gasteiger partial charge in [-0.2, -0.15) is 5.01 Å². The fraction of sp³-hybridized carbons (Fsp3) is 0.438. The molecule has 0 aromatic carbocycles. The smallest absolute Gasteiger partial charge is 0.344 e. The number of hydrazine groups is 1. The van der Waals surface area contributed by atoms with Crippen LogP contribution in [-0.4, -0.2) is 46.0 Å². The second-order valence-corrected chi connectivity index (χ2v) is 6.07. The van der Waals surface area contributed by atoms with E-state index >= 15 is 0 Å². The van der Waals surface area contributed by atoms with Gasteiger partial charge in [0.15, 0.2) is 6.61 Å². The van der Waals surface area contributed by atoms with Crippen LogP contribution in [-0.2, 0) is 14.3 Å². The van der Waals surface area contributed by atoms with Gasteiger partial charge in [-0.25, -0.2) is 9.59 Å². The maximum Gasteiger partial charge on any atom is 0.344 e. The molecule has 2 N–H and O–H groups in total. The molecule has 4 amide bonds. The summed E-state index contributed by atoms with van der Waals surface area (Å²) in [6.07, 6.45) is 6.63. The van der Waals surface area contributed by atoms with Gasteiger partial charge in [-0.05, 0) is 25.0 Å². The van der Waals surface area contributed by atoms with Crippen molar-refractivity contribution in [3.05, 3.63) is 30.1 Å². The quantitative estimate of drug-likeness (QED) is 0.606. The van der Waals surface area contributed by atoms with Gasteiger partial charge < -0.3 is 10.1 Å². The Hall–Kier alpha value is -2.97. The fourth-order valence-electron chi connectivity index (χ4n) is 3.07. The van der Waals surface area contributed by atoms with Gasteiger partial charge in [0.25, 0.3) is 11.8 Å². The zero-order valence-electron chi connectivity index (χ0n) is 13.5. The number of aromatic nitrogens is 1. The van der Waals surface area contributed by atoms with E-state index in [1.54, 1.807) is 6.07 Å². The number of hydrogen-bond donors (Lipinski definition) is 2. The largest absolute Gasteiger partial charge is 0.452 e. The van der Waals surface area contributed by atoms with Gasteiger partial charge in [-0.1, -0.05) is 19.3 Å². The van der Waals surface area contributed by atoms with Crippen LogP contribution in [0.4, 0.5) is 4.79 Å². The normalized spacial score (nSPS) is 18.8. The molecule has 1 aromatic heterocycles. The van der Waals surface area contributed by atoms with Crippen molar-refractivity contribution in [3.8, 4) is 0 Å². The number of rotatable bonds is 4. The molecule has 25 heavy (non-hydrogen) atoms. The molecule has 0 atom stereocenters. The number of amides is 4. The summed E-state index contributed by atoms with van der Waals surface area (Å²) < 4.78 is 4.85. The van der Waals surface area contributed by atoms with Gasteiger partial charge in [0, 0.05) is 12.4 Å². The third-order valence-electron chi connectivity index (χ3n) is 4.34. The second kappa shape index (κ2) is 6.88. The first-order chi connectivity index (χ1) is 12.0. The Balaban J connectivity index is 1.55. The lowest BCUT2D eigenvalue weighted by Gasteiger charge is -2.30. The molecule has 9 nitrogen and oxygen atoms in total. The minimum atomic E-state index is -0.922. The fourth-order valence-corrected chi connectivity index (χ4v) is 3.07. The van der Waals surface area contributed by atoms with E-state index < -0.39 is 36.0 Å². The van der Waals surface area contributed by atoms with Crippen molar-refractivity contribution in [1.82, 2.24) is 20.7 Å². The molecule has 1 saturated heterocycles. The predicted octanol–water partition coefficient (Wildman–Crippen LogP) is 0.524. The summed E-state index contributed by atoms with van der Waals surface area (Å²) in [5, 5.41) is 3.34.